The van der Waals surface area contributed by atoms with Crippen LogP contribution in [0.1, 0.15) is 5.56 Å². The molecule has 6 nitrogen and oxygen atoms in total. The predicted octanol–water partition coefficient (Wildman–Crippen LogP) is 3.88. The van der Waals surface area contributed by atoms with Crippen LogP contribution in [0, 0.1) is 6.92 Å². The van der Waals surface area contributed by atoms with Crippen LogP contribution in [0.4, 0.5) is 5.69 Å². The lowest BCUT2D eigenvalue weighted by molar-refractivity contribution is 0.331. The summed E-state index contributed by atoms with van der Waals surface area (Å²) in [6.07, 6.45) is 1.58. The lowest BCUT2D eigenvalue weighted by Gasteiger charge is -2.12. The van der Waals surface area contributed by atoms with Gasteiger partial charge in [-0.25, -0.2) is 4.68 Å². The molecule has 1 N–H and O–H groups in total. The number of hydrogen-bond acceptors (Lipinski definition) is 5. The number of nitrogens with one attached hydrogen (secondary N) is 1. The molecule has 3 rings (SSSR count). The molecular formula is C16H15BrClN5O. The van der Waals surface area contributed by atoms with E-state index in [2.05, 4.69) is 42.8 Å². The minimum absolute atomic E-state index is 0.536. The van der Waals surface area contributed by atoms with Crippen LogP contribution in [0.3, 0.4) is 0 Å². The first-order valence-electron chi connectivity index (χ1n) is 7.29. The zero-order valence-electron chi connectivity index (χ0n) is 12.9. The van der Waals surface area contributed by atoms with Gasteiger partial charge in [-0.05, 0) is 75.2 Å². The minimum Gasteiger partial charge on any atom is -0.491 e. The molecule has 0 amide bonds. The molecule has 0 radical (unpaired) electrons. The van der Waals surface area contributed by atoms with Crippen molar-refractivity contribution in [1.82, 2.24) is 20.2 Å². The standard InChI is InChI=1S/C16H15BrClN5O/c1-11-8-13(3-4-15(11)23-10-20-21-22-23)19-6-7-24-16-5-2-12(18)9-14(16)17/h2-5,8-10,19H,6-7H2,1H3. The van der Waals surface area contributed by atoms with Crippen LogP contribution < -0.4 is 10.1 Å². The summed E-state index contributed by atoms with van der Waals surface area (Å²) in [5.41, 5.74) is 3.05. The highest BCUT2D eigenvalue weighted by Gasteiger charge is 2.04. The molecule has 0 aliphatic carbocycles. The van der Waals surface area contributed by atoms with E-state index in [1.165, 1.54) is 0 Å². The summed E-state index contributed by atoms with van der Waals surface area (Å²) in [7, 11) is 0. The Bertz CT molecular complexity index is 825. The average molecular weight is 409 g/mol. The third kappa shape index (κ3) is 4.04. The van der Waals surface area contributed by atoms with Gasteiger partial charge >= 0.3 is 0 Å². The first-order valence-corrected chi connectivity index (χ1v) is 8.46. The number of aryl methyl sites for hydroxylation is 1. The Morgan fingerprint density at radius 1 is 1.25 bits per heavy atom. The summed E-state index contributed by atoms with van der Waals surface area (Å²) in [6, 6.07) is 11.5. The largest absolute Gasteiger partial charge is 0.491 e. The van der Waals surface area contributed by atoms with Gasteiger partial charge in [0.05, 0.1) is 10.2 Å². The highest BCUT2D eigenvalue weighted by Crippen LogP contribution is 2.27. The maximum Gasteiger partial charge on any atom is 0.143 e. The fraction of sp³-hybridized carbons (Fsp3) is 0.188. The van der Waals surface area contributed by atoms with Crippen LogP contribution in [-0.2, 0) is 0 Å². The summed E-state index contributed by atoms with van der Waals surface area (Å²) in [5, 5.41) is 15.2. The quantitative estimate of drug-likeness (QED) is 0.627. The molecule has 0 bridgehead atoms. The SMILES string of the molecule is Cc1cc(NCCOc2ccc(Cl)cc2Br)ccc1-n1cnnn1. The Morgan fingerprint density at radius 2 is 2.12 bits per heavy atom. The number of rotatable bonds is 6. The topological polar surface area (TPSA) is 64.9 Å². The Labute approximate surface area is 152 Å². The van der Waals surface area contributed by atoms with E-state index in [0.717, 1.165) is 27.2 Å². The number of ether oxygens (including phenoxy) is 1. The van der Waals surface area contributed by atoms with E-state index in [1.807, 2.05) is 31.2 Å². The fourth-order valence-corrected chi connectivity index (χ4v) is 3.04. The molecule has 0 saturated heterocycles. The Kier molecular flexibility index (Phi) is 5.32. The summed E-state index contributed by atoms with van der Waals surface area (Å²) < 4.78 is 8.21. The second-order valence-electron chi connectivity index (χ2n) is 5.11. The van der Waals surface area contributed by atoms with Gasteiger partial charge in [0.25, 0.3) is 0 Å². The van der Waals surface area contributed by atoms with Crippen molar-refractivity contribution in [2.75, 3.05) is 18.5 Å². The van der Waals surface area contributed by atoms with Crippen LogP contribution >= 0.6 is 27.5 Å². The lowest BCUT2D eigenvalue weighted by Crippen LogP contribution is -2.12. The van der Waals surface area contributed by atoms with Gasteiger partial charge in [0, 0.05) is 17.3 Å². The number of benzene rings is 2. The van der Waals surface area contributed by atoms with E-state index in [1.54, 1.807) is 17.1 Å². The molecule has 0 unspecified atom stereocenters. The van der Waals surface area contributed by atoms with E-state index >= 15 is 0 Å². The molecule has 1 aromatic heterocycles. The molecule has 124 valence electrons. The smallest absolute Gasteiger partial charge is 0.143 e. The van der Waals surface area contributed by atoms with Crippen molar-refractivity contribution in [1.29, 1.82) is 0 Å². The molecule has 3 aromatic rings. The number of anilines is 1. The van der Waals surface area contributed by atoms with E-state index in [4.69, 9.17) is 16.3 Å². The van der Waals surface area contributed by atoms with Crippen LogP contribution in [0.15, 0.2) is 47.2 Å². The summed E-state index contributed by atoms with van der Waals surface area (Å²) in [4.78, 5) is 0. The summed E-state index contributed by atoms with van der Waals surface area (Å²) >= 11 is 9.34. The van der Waals surface area contributed by atoms with Crippen molar-refractivity contribution in [3.05, 3.63) is 57.8 Å². The molecule has 0 spiro atoms. The van der Waals surface area contributed by atoms with Crippen molar-refractivity contribution in [3.63, 3.8) is 0 Å². The molecule has 1 heterocycles. The average Bonchev–Trinajstić information content (AvgIpc) is 3.07. The molecule has 0 aliphatic rings. The maximum absolute atomic E-state index is 5.91. The highest BCUT2D eigenvalue weighted by molar-refractivity contribution is 9.10. The minimum atomic E-state index is 0.536. The lowest BCUT2D eigenvalue weighted by atomic mass is 10.2. The third-order valence-electron chi connectivity index (χ3n) is 3.38. The van der Waals surface area contributed by atoms with Crippen molar-refractivity contribution in [2.45, 2.75) is 6.92 Å². The van der Waals surface area contributed by atoms with Crippen LogP contribution in [0.5, 0.6) is 5.75 Å². The molecule has 2 aromatic carbocycles. The number of hydrogen-bond donors (Lipinski definition) is 1. The van der Waals surface area contributed by atoms with Crippen molar-refractivity contribution >= 4 is 33.2 Å². The zero-order valence-corrected chi connectivity index (χ0v) is 15.3. The van der Waals surface area contributed by atoms with Gasteiger partial charge in [-0.2, -0.15) is 0 Å². The van der Waals surface area contributed by atoms with Gasteiger partial charge in [-0.3, -0.25) is 0 Å². The highest BCUT2D eigenvalue weighted by atomic mass is 79.9. The van der Waals surface area contributed by atoms with Gasteiger partial charge in [0.15, 0.2) is 0 Å². The summed E-state index contributed by atoms with van der Waals surface area (Å²) in [6.45, 7) is 3.23. The van der Waals surface area contributed by atoms with Gasteiger partial charge in [-0.1, -0.05) is 11.6 Å². The maximum atomic E-state index is 5.91. The van der Waals surface area contributed by atoms with E-state index in [9.17, 15) is 0 Å². The second kappa shape index (κ2) is 7.63. The summed E-state index contributed by atoms with van der Waals surface area (Å²) in [5.74, 6) is 0.770. The zero-order chi connectivity index (χ0) is 16.9. The number of tetrazole rings is 1. The van der Waals surface area contributed by atoms with Gasteiger partial charge in [0.1, 0.15) is 18.7 Å². The molecule has 0 saturated carbocycles. The number of aromatic nitrogens is 4. The first kappa shape index (κ1) is 16.7. The number of halogens is 2. The fourth-order valence-electron chi connectivity index (χ4n) is 2.24. The molecule has 8 heteroatoms. The van der Waals surface area contributed by atoms with Crippen LogP contribution in [0.25, 0.3) is 5.69 Å². The van der Waals surface area contributed by atoms with Crippen molar-refractivity contribution in [3.8, 4) is 11.4 Å². The van der Waals surface area contributed by atoms with Gasteiger partial charge in [0.2, 0.25) is 0 Å². The molecule has 0 fully saturated rings. The Balaban J connectivity index is 1.54. The van der Waals surface area contributed by atoms with E-state index < -0.39 is 0 Å². The van der Waals surface area contributed by atoms with Crippen molar-refractivity contribution in [2.24, 2.45) is 0 Å². The molecular weight excluding hydrogens is 394 g/mol. The molecule has 0 aliphatic heterocycles. The monoisotopic (exact) mass is 407 g/mol. The third-order valence-corrected chi connectivity index (χ3v) is 4.23. The molecule has 24 heavy (non-hydrogen) atoms. The number of nitrogens with zero attached hydrogens (tertiary/aromatic N) is 4. The van der Waals surface area contributed by atoms with E-state index in [0.29, 0.717) is 18.2 Å². The Hall–Kier alpha value is -2.12. The Morgan fingerprint density at radius 3 is 2.83 bits per heavy atom. The first-order chi connectivity index (χ1) is 11.6. The molecule has 0 atom stereocenters. The van der Waals surface area contributed by atoms with E-state index in [-0.39, 0.29) is 0 Å². The predicted molar refractivity (Wildman–Crippen MR) is 97.0 cm³/mol. The van der Waals surface area contributed by atoms with Crippen LogP contribution in [-0.4, -0.2) is 33.4 Å². The normalized spacial score (nSPS) is 10.6. The second-order valence-corrected chi connectivity index (χ2v) is 6.40. The van der Waals surface area contributed by atoms with Gasteiger partial charge in [-0.15, -0.1) is 5.10 Å². The van der Waals surface area contributed by atoms with Crippen molar-refractivity contribution < 1.29 is 4.74 Å². The van der Waals surface area contributed by atoms with Crippen LogP contribution in [0.2, 0.25) is 5.02 Å². The van der Waals surface area contributed by atoms with Gasteiger partial charge < -0.3 is 10.1 Å².